The minimum Gasteiger partial charge on any atom is -0.317 e. The van der Waals surface area contributed by atoms with Crippen LogP contribution in [-0.4, -0.2) is 31.5 Å². The summed E-state index contributed by atoms with van der Waals surface area (Å²) in [5, 5.41) is 8.58. The number of hydrogen-bond donors (Lipinski definition) is 2. The molecule has 1 aliphatic heterocycles. The summed E-state index contributed by atoms with van der Waals surface area (Å²) in [5.74, 6) is 0.212. The molecular weight excluding hydrogens is 208 g/mol. The van der Waals surface area contributed by atoms with E-state index in [4.69, 9.17) is 0 Å². The molecule has 2 N–H and O–H groups in total. The highest BCUT2D eigenvalue weighted by atomic mass is 32.1. The minimum absolute atomic E-state index is 0.212. The second kappa shape index (κ2) is 5.39. The van der Waals surface area contributed by atoms with Gasteiger partial charge < -0.3 is 10.6 Å². The van der Waals surface area contributed by atoms with Crippen molar-refractivity contribution in [1.82, 2.24) is 10.6 Å². The van der Waals surface area contributed by atoms with E-state index < -0.39 is 0 Å². The average molecular weight is 224 g/mol. The second-order valence-corrected chi connectivity index (χ2v) is 4.75. The van der Waals surface area contributed by atoms with Gasteiger partial charge in [-0.2, -0.15) is 0 Å². The summed E-state index contributed by atoms with van der Waals surface area (Å²) in [7, 11) is 0. The van der Waals surface area contributed by atoms with Gasteiger partial charge in [-0.3, -0.25) is 4.79 Å². The number of piperidine rings is 1. The Morgan fingerprint density at radius 1 is 1.53 bits per heavy atom. The third-order valence-electron chi connectivity index (χ3n) is 2.69. The molecule has 0 radical (unpaired) electrons. The van der Waals surface area contributed by atoms with Crippen LogP contribution in [-0.2, 0) is 0 Å². The fraction of sp³-hybridized carbons (Fsp3) is 0.545. The SMILES string of the molecule is O=C(CNC1CCNCC1)c1cccs1. The summed E-state index contributed by atoms with van der Waals surface area (Å²) < 4.78 is 0. The molecule has 1 aromatic heterocycles. The molecule has 0 atom stereocenters. The molecule has 4 heteroatoms. The van der Waals surface area contributed by atoms with Crippen molar-refractivity contribution in [2.45, 2.75) is 18.9 Å². The zero-order valence-electron chi connectivity index (χ0n) is 8.66. The number of Topliss-reactive ketones (excluding diaryl/α,β-unsaturated/α-hetero) is 1. The fourth-order valence-electron chi connectivity index (χ4n) is 1.79. The molecule has 0 bridgehead atoms. The van der Waals surface area contributed by atoms with Crippen molar-refractivity contribution >= 4 is 17.1 Å². The van der Waals surface area contributed by atoms with Crippen LogP contribution in [0.5, 0.6) is 0 Å². The topological polar surface area (TPSA) is 41.1 Å². The monoisotopic (exact) mass is 224 g/mol. The molecule has 1 aromatic rings. The Morgan fingerprint density at radius 3 is 3.00 bits per heavy atom. The summed E-state index contributed by atoms with van der Waals surface area (Å²) in [6.07, 6.45) is 2.25. The lowest BCUT2D eigenvalue weighted by Gasteiger charge is -2.23. The first-order valence-corrected chi connectivity index (χ1v) is 6.25. The third kappa shape index (κ3) is 3.12. The van der Waals surface area contributed by atoms with Gasteiger partial charge in [0.25, 0.3) is 0 Å². The first-order chi connectivity index (χ1) is 7.36. The number of carbonyl (C=O) groups excluding carboxylic acids is 1. The van der Waals surface area contributed by atoms with Crippen LogP contribution >= 0.6 is 11.3 Å². The smallest absolute Gasteiger partial charge is 0.186 e. The second-order valence-electron chi connectivity index (χ2n) is 3.81. The van der Waals surface area contributed by atoms with Crippen molar-refractivity contribution in [3.05, 3.63) is 22.4 Å². The van der Waals surface area contributed by atoms with Crippen LogP contribution in [0.25, 0.3) is 0 Å². The van der Waals surface area contributed by atoms with Crippen LogP contribution in [0.3, 0.4) is 0 Å². The molecular formula is C11H16N2OS. The number of thiophene rings is 1. The molecule has 2 heterocycles. The van der Waals surface area contributed by atoms with Crippen LogP contribution < -0.4 is 10.6 Å². The van der Waals surface area contributed by atoms with Gasteiger partial charge in [0.05, 0.1) is 11.4 Å². The number of carbonyl (C=O) groups is 1. The third-order valence-corrected chi connectivity index (χ3v) is 3.60. The summed E-state index contributed by atoms with van der Waals surface area (Å²) in [6.45, 7) is 2.60. The maximum Gasteiger partial charge on any atom is 0.186 e. The van der Waals surface area contributed by atoms with Crippen molar-refractivity contribution in [3.8, 4) is 0 Å². The summed E-state index contributed by atoms with van der Waals surface area (Å²) in [4.78, 5) is 12.5. The highest BCUT2D eigenvalue weighted by Crippen LogP contribution is 2.09. The zero-order chi connectivity index (χ0) is 10.5. The van der Waals surface area contributed by atoms with Crippen LogP contribution in [0.4, 0.5) is 0 Å². The van der Waals surface area contributed by atoms with Gasteiger partial charge >= 0.3 is 0 Å². The molecule has 2 rings (SSSR count). The molecule has 1 saturated heterocycles. The van der Waals surface area contributed by atoms with E-state index in [2.05, 4.69) is 10.6 Å². The van der Waals surface area contributed by atoms with Gasteiger partial charge in [-0.05, 0) is 37.4 Å². The highest BCUT2D eigenvalue weighted by Gasteiger charge is 2.14. The van der Waals surface area contributed by atoms with Gasteiger partial charge in [0.15, 0.2) is 5.78 Å². The van der Waals surface area contributed by atoms with E-state index in [1.807, 2.05) is 17.5 Å². The van der Waals surface area contributed by atoms with Crippen molar-refractivity contribution in [2.75, 3.05) is 19.6 Å². The summed E-state index contributed by atoms with van der Waals surface area (Å²) in [6, 6.07) is 4.31. The molecule has 1 fully saturated rings. The average Bonchev–Trinajstić information content (AvgIpc) is 2.81. The highest BCUT2D eigenvalue weighted by molar-refractivity contribution is 7.12. The maximum atomic E-state index is 11.7. The van der Waals surface area contributed by atoms with Crippen LogP contribution in [0.15, 0.2) is 17.5 Å². The molecule has 0 unspecified atom stereocenters. The Bertz CT molecular complexity index is 304. The minimum atomic E-state index is 0.212. The molecule has 15 heavy (non-hydrogen) atoms. The zero-order valence-corrected chi connectivity index (χ0v) is 9.48. The van der Waals surface area contributed by atoms with E-state index in [9.17, 15) is 4.79 Å². The van der Waals surface area contributed by atoms with E-state index >= 15 is 0 Å². The summed E-state index contributed by atoms with van der Waals surface area (Å²) in [5.41, 5.74) is 0. The molecule has 0 amide bonds. The molecule has 3 nitrogen and oxygen atoms in total. The Morgan fingerprint density at radius 2 is 2.33 bits per heavy atom. The first-order valence-electron chi connectivity index (χ1n) is 5.37. The molecule has 0 spiro atoms. The van der Waals surface area contributed by atoms with Gasteiger partial charge in [-0.15, -0.1) is 11.3 Å². The van der Waals surface area contributed by atoms with Crippen molar-refractivity contribution < 1.29 is 4.79 Å². The van der Waals surface area contributed by atoms with Crippen LogP contribution in [0, 0.1) is 0 Å². The van der Waals surface area contributed by atoms with Gasteiger partial charge in [-0.25, -0.2) is 0 Å². The van der Waals surface area contributed by atoms with E-state index in [1.54, 1.807) is 0 Å². The van der Waals surface area contributed by atoms with Gasteiger partial charge in [0.1, 0.15) is 0 Å². The Kier molecular flexibility index (Phi) is 3.88. The van der Waals surface area contributed by atoms with E-state index in [1.165, 1.54) is 11.3 Å². The largest absolute Gasteiger partial charge is 0.317 e. The standard InChI is InChI=1S/C11H16N2OS/c14-10(11-2-1-7-15-11)8-13-9-3-5-12-6-4-9/h1-2,7,9,12-13H,3-6,8H2. The number of nitrogens with one attached hydrogen (secondary N) is 2. The van der Waals surface area contributed by atoms with Crippen LogP contribution in [0.2, 0.25) is 0 Å². The first kappa shape index (κ1) is 10.8. The van der Waals surface area contributed by atoms with Crippen molar-refractivity contribution in [3.63, 3.8) is 0 Å². The lowest BCUT2D eigenvalue weighted by atomic mass is 10.1. The number of ketones is 1. The summed E-state index contributed by atoms with van der Waals surface area (Å²) >= 11 is 1.52. The van der Waals surface area contributed by atoms with E-state index in [0.29, 0.717) is 12.6 Å². The molecule has 0 aromatic carbocycles. The Labute approximate surface area is 93.9 Å². The molecule has 0 saturated carbocycles. The number of rotatable bonds is 4. The van der Waals surface area contributed by atoms with Gasteiger partial charge in [0, 0.05) is 6.04 Å². The Hall–Kier alpha value is -0.710. The predicted octanol–water partition coefficient (Wildman–Crippen LogP) is 1.27. The lowest BCUT2D eigenvalue weighted by molar-refractivity contribution is 0.0989. The maximum absolute atomic E-state index is 11.7. The van der Waals surface area contributed by atoms with Gasteiger partial charge in [0.2, 0.25) is 0 Å². The predicted molar refractivity (Wildman–Crippen MR) is 62.5 cm³/mol. The van der Waals surface area contributed by atoms with Crippen molar-refractivity contribution in [2.24, 2.45) is 0 Å². The molecule has 82 valence electrons. The normalized spacial score (nSPS) is 17.9. The Balaban J connectivity index is 1.75. The van der Waals surface area contributed by atoms with Gasteiger partial charge in [-0.1, -0.05) is 6.07 Å². The fourth-order valence-corrected chi connectivity index (χ4v) is 2.45. The quantitative estimate of drug-likeness (QED) is 0.757. The number of hydrogen-bond acceptors (Lipinski definition) is 4. The molecule has 0 aliphatic carbocycles. The van der Waals surface area contributed by atoms with E-state index in [0.717, 1.165) is 30.8 Å². The van der Waals surface area contributed by atoms with E-state index in [-0.39, 0.29) is 5.78 Å². The molecule has 1 aliphatic rings. The van der Waals surface area contributed by atoms with Crippen LogP contribution in [0.1, 0.15) is 22.5 Å². The lowest BCUT2D eigenvalue weighted by Crippen LogP contribution is -2.41. The van der Waals surface area contributed by atoms with Crippen molar-refractivity contribution in [1.29, 1.82) is 0 Å².